The molecule has 0 atom stereocenters. The molecule has 0 unspecified atom stereocenters. The van der Waals surface area contributed by atoms with Crippen molar-refractivity contribution in [2.45, 2.75) is 58.2 Å². The van der Waals surface area contributed by atoms with Crippen LogP contribution in [0.1, 0.15) is 51.9 Å². The second kappa shape index (κ2) is 6.37. The SMILES string of the molecule is CC(C)[Si](OC(=O)c1ccccc1)(C(C)C)C(C)C. The van der Waals surface area contributed by atoms with Crippen LogP contribution in [-0.4, -0.2) is 14.3 Å². The molecule has 106 valence electrons. The van der Waals surface area contributed by atoms with E-state index in [-0.39, 0.29) is 5.97 Å². The Morgan fingerprint density at radius 2 is 1.32 bits per heavy atom. The summed E-state index contributed by atoms with van der Waals surface area (Å²) < 4.78 is 6.11. The molecule has 0 aromatic heterocycles. The summed E-state index contributed by atoms with van der Waals surface area (Å²) >= 11 is 0. The summed E-state index contributed by atoms with van der Waals surface area (Å²) in [6, 6.07) is 9.31. The van der Waals surface area contributed by atoms with Gasteiger partial charge in [-0.3, -0.25) is 0 Å². The van der Waals surface area contributed by atoms with E-state index in [0.717, 1.165) is 0 Å². The third-order valence-electron chi connectivity index (χ3n) is 3.99. The zero-order chi connectivity index (χ0) is 14.6. The molecule has 0 heterocycles. The highest BCUT2D eigenvalue weighted by atomic mass is 28.4. The first-order valence-corrected chi connectivity index (χ1v) is 9.24. The van der Waals surface area contributed by atoms with E-state index in [1.165, 1.54) is 0 Å². The quantitative estimate of drug-likeness (QED) is 0.707. The van der Waals surface area contributed by atoms with Crippen LogP contribution in [0.25, 0.3) is 0 Å². The Labute approximate surface area is 118 Å². The molecule has 3 heteroatoms. The summed E-state index contributed by atoms with van der Waals surface area (Å²) in [5.41, 5.74) is 1.90. The Kier molecular flexibility index (Phi) is 5.35. The Hall–Kier alpha value is -1.09. The normalized spacial score (nSPS) is 12.3. The van der Waals surface area contributed by atoms with Gasteiger partial charge in [-0.2, -0.15) is 0 Å². The fourth-order valence-corrected chi connectivity index (χ4v) is 8.29. The molecule has 0 aliphatic heterocycles. The van der Waals surface area contributed by atoms with E-state index in [0.29, 0.717) is 22.2 Å². The molecule has 2 nitrogen and oxygen atoms in total. The van der Waals surface area contributed by atoms with Gasteiger partial charge in [0.15, 0.2) is 0 Å². The van der Waals surface area contributed by atoms with E-state index in [1.807, 2.05) is 30.3 Å². The van der Waals surface area contributed by atoms with Crippen molar-refractivity contribution in [1.29, 1.82) is 0 Å². The Morgan fingerprint density at radius 1 is 0.895 bits per heavy atom. The van der Waals surface area contributed by atoms with Gasteiger partial charge in [0.05, 0.1) is 5.56 Å². The molecule has 0 radical (unpaired) electrons. The monoisotopic (exact) mass is 278 g/mol. The van der Waals surface area contributed by atoms with E-state index in [2.05, 4.69) is 41.5 Å². The highest BCUT2D eigenvalue weighted by Gasteiger charge is 2.48. The largest absolute Gasteiger partial charge is 0.515 e. The summed E-state index contributed by atoms with van der Waals surface area (Å²) in [7, 11) is -2.12. The molecule has 0 bridgehead atoms. The van der Waals surface area contributed by atoms with Gasteiger partial charge in [0.1, 0.15) is 0 Å². The third-order valence-corrected chi connectivity index (χ3v) is 9.94. The minimum Gasteiger partial charge on any atom is -0.515 e. The van der Waals surface area contributed by atoms with Crippen molar-refractivity contribution in [3.05, 3.63) is 35.9 Å². The summed E-state index contributed by atoms with van der Waals surface area (Å²) in [5, 5.41) is 0. The van der Waals surface area contributed by atoms with Crippen molar-refractivity contribution in [3.8, 4) is 0 Å². The van der Waals surface area contributed by atoms with Gasteiger partial charge in [0.2, 0.25) is 0 Å². The van der Waals surface area contributed by atoms with Gasteiger partial charge in [-0.1, -0.05) is 59.7 Å². The van der Waals surface area contributed by atoms with Gasteiger partial charge in [-0.15, -0.1) is 0 Å². The molecule has 19 heavy (non-hydrogen) atoms. The van der Waals surface area contributed by atoms with Crippen molar-refractivity contribution < 1.29 is 9.22 Å². The molecule has 0 saturated heterocycles. The maximum absolute atomic E-state index is 12.4. The molecule has 1 aromatic rings. The Morgan fingerprint density at radius 3 is 1.68 bits per heavy atom. The first-order chi connectivity index (χ1) is 8.82. The van der Waals surface area contributed by atoms with Crippen LogP contribution in [-0.2, 0) is 4.43 Å². The smallest absolute Gasteiger partial charge is 0.324 e. The number of carbonyl (C=O) groups excluding carboxylic acids is 1. The summed E-state index contributed by atoms with van der Waals surface area (Å²) in [5.74, 6) is -0.164. The van der Waals surface area contributed by atoms with Gasteiger partial charge in [-0.05, 0) is 28.8 Å². The lowest BCUT2D eigenvalue weighted by molar-refractivity contribution is 0.0705. The van der Waals surface area contributed by atoms with Crippen molar-refractivity contribution in [3.63, 3.8) is 0 Å². The van der Waals surface area contributed by atoms with Crippen LogP contribution in [0.15, 0.2) is 30.3 Å². The van der Waals surface area contributed by atoms with E-state index in [9.17, 15) is 4.79 Å². The van der Waals surface area contributed by atoms with Crippen LogP contribution in [0.4, 0.5) is 0 Å². The summed E-state index contributed by atoms with van der Waals surface area (Å²) in [6.07, 6.45) is 0. The summed E-state index contributed by atoms with van der Waals surface area (Å²) in [4.78, 5) is 12.4. The van der Waals surface area contributed by atoms with Gasteiger partial charge >= 0.3 is 5.97 Å². The van der Waals surface area contributed by atoms with Crippen molar-refractivity contribution in [1.82, 2.24) is 0 Å². The molecule has 1 aromatic carbocycles. The highest BCUT2D eigenvalue weighted by Crippen LogP contribution is 2.42. The Bertz CT molecular complexity index is 388. The molecule has 0 aliphatic rings. The first kappa shape index (κ1) is 16.0. The van der Waals surface area contributed by atoms with Gasteiger partial charge in [-0.25, -0.2) is 4.79 Å². The fraction of sp³-hybridized carbons (Fsp3) is 0.562. The average Bonchev–Trinajstić information content (AvgIpc) is 2.35. The van der Waals surface area contributed by atoms with E-state index in [4.69, 9.17) is 4.43 Å². The lowest BCUT2D eigenvalue weighted by Gasteiger charge is -2.41. The van der Waals surface area contributed by atoms with E-state index in [1.54, 1.807) is 0 Å². The molecule has 0 aliphatic carbocycles. The molecular formula is C16H26O2Si. The number of hydrogen-bond donors (Lipinski definition) is 0. The Balaban J connectivity index is 3.05. The van der Waals surface area contributed by atoms with Crippen LogP contribution in [0.5, 0.6) is 0 Å². The van der Waals surface area contributed by atoms with Crippen LogP contribution in [0.2, 0.25) is 16.6 Å². The molecule has 0 amide bonds. The number of benzene rings is 1. The van der Waals surface area contributed by atoms with Gasteiger partial charge in [0, 0.05) is 0 Å². The van der Waals surface area contributed by atoms with Crippen molar-refractivity contribution in [2.24, 2.45) is 0 Å². The van der Waals surface area contributed by atoms with E-state index >= 15 is 0 Å². The highest BCUT2D eigenvalue weighted by molar-refractivity contribution is 6.79. The lowest BCUT2D eigenvalue weighted by Crippen LogP contribution is -2.49. The predicted octanol–water partition coefficient (Wildman–Crippen LogP) is 5.02. The molecular weight excluding hydrogens is 252 g/mol. The maximum Gasteiger partial charge on any atom is 0.324 e. The van der Waals surface area contributed by atoms with Crippen molar-refractivity contribution >= 4 is 14.3 Å². The van der Waals surface area contributed by atoms with E-state index < -0.39 is 8.32 Å². The minimum atomic E-state index is -2.12. The number of carbonyl (C=O) groups is 1. The second-order valence-electron chi connectivity index (χ2n) is 6.07. The number of rotatable bonds is 5. The molecule has 0 saturated carbocycles. The van der Waals surface area contributed by atoms with Gasteiger partial charge < -0.3 is 4.43 Å². The van der Waals surface area contributed by atoms with Crippen LogP contribution >= 0.6 is 0 Å². The lowest BCUT2D eigenvalue weighted by atomic mass is 10.2. The molecule has 1 rings (SSSR count). The van der Waals surface area contributed by atoms with Crippen molar-refractivity contribution in [2.75, 3.05) is 0 Å². The third kappa shape index (κ3) is 3.27. The van der Waals surface area contributed by atoms with Crippen LogP contribution in [0, 0.1) is 0 Å². The molecule has 0 N–H and O–H groups in total. The first-order valence-electron chi connectivity index (χ1n) is 7.10. The second-order valence-corrected chi connectivity index (χ2v) is 11.4. The number of hydrogen-bond acceptors (Lipinski definition) is 2. The molecule has 0 spiro atoms. The standard InChI is InChI=1S/C16H26O2Si/c1-12(2)19(13(3)4,14(5)6)18-16(17)15-10-8-7-9-11-15/h7-14H,1-6H3. The molecule has 0 fully saturated rings. The zero-order valence-corrected chi connectivity index (χ0v) is 13.9. The average molecular weight is 278 g/mol. The van der Waals surface area contributed by atoms with Crippen LogP contribution in [0.3, 0.4) is 0 Å². The van der Waals surface area contributed by atoms with Crippen LogP contribution < -0.4 is 0 Å². The minimum absolute atomic E-state index is 0.164. The van der Waals surface area contributed by atoms with Gasteiger partial charge in [0.25, 0.3) is 8.32 Å². The maximum atomic E-state index is 12.4. The predicted molar refractivity (Wildman–Crippen MR) is 82.9 cm³/mol. The zero-order valence-electron chi connectivity index (χ0n) is 12.9. The topological polar surface area (TPSA) is 26.3 Å². The summed E-state index contributed by atoms with van der Waals surface area (Å²) in [6.45, 7) is 13.1. The fourth-order valence-electron chi connectivity index (χ4n) is 3.15.